The SMILES string of the molecule is Cc1cc(C#N)cc(C)c1Oc1nc(NC2CCCCC2)nc2c1SCC2. The third-order valence-electron chi connectivity index (χ3n) is 5.22. The van der Waals surface area contributed by atoms with Crippen LogP contribution in [0.1, 0.15) is 54.5 Å². The van der Waals surface area contributed by atoms with Crippen LogP contribution in [0.25, 0.3) is 0 Å². The molecular formula is C21H24N4OS. The van der Waals surface area contributed by atoms with Gasteiger partial charge in [0, 0.05) is 18.2 Å². The summed E-state index contributed by atoms with van der Waals surface area (Å²) in [6, 6.07) is 6.37. The van der Waals surface area contributed by atoms with E-state index in [1.807, 2.05) is 26.0 Å². The molecule has 1 aliphatic carbocycles. The fourth-order valence-electron chi connectivity index (χ4n) is 3.87. The summed E-state index contributed by atoms with van der Waals surface area (Å²) in [5.74, 6) is 3.11. The fourth-order valence-corrected chi connectivity index (χ4v) is 4.90. The van der Waals surface area contributed by atoms with Crippen molar-refractivity contribution in [1.29, 1.82) is 5.26 Å². The van der Waals surface area contributed by atoms with Crippen molar-refractivity contribution in [2.75, 3.05) is 11.1 Å². The maximum Gasteiger partial charge on any atom is 0.238 e. The monoisotopic (exact) mass is 380 g/mol. The summed E-state index contributed by atoms with van der Waals surface area (Å²) in [4.78, 5) is 10.5. The van der Waals surface area contributed by atoms with Gasteiger partial charge in [0.15, 0.2) is 0 Å². The number of aromatic nitrogens is 2. The van der Waals surface area contributed by atoms with Crippen molar-refractivity contribution in [3.63, 3.8) is 0 Å². The molecule has 1 fully saturated rings. The molecule has 4 rings (SSSR count). The molecule has 0 saturated heterocycles. The number of anilines is 1. The Balaban J connectivity index is 1.65. The third kappa shape index (κ3) is 3.89. The third-order valence-corrected chi connectivity index (χ3v) is 6.32. The number of thioether (sulfide) groups is 1. The zero-order valence-electron chi connectivity index (χ0n) is 15.8. The summed E-state index contributed by atoms with van der Waals surface area (Å²) in [5, 5.41) is 12.7. The van der Waals surface area contributed by atoms with Crippen LogP contribution in [-0.4, -0.2) is 21.8 Å². The topological polar surface area (TPSA) is 70.8 Å². The van der Waals surface area contributed by atoms with Crippen molar-refractivity contribution in [3.8, 4) is 17.7 Å². The first-order valence-electron chi connectivity index (χ1n) is 9.63. The van der Waals surface area contributed by atoms with E-state index in [9.17, 15) is 0 Å². The molecule has 27 heavy (non-hydrogen) atoms. The predicted molar refractivity (Wildman–Crippen MR) is 108 cm³/mol. The molecule has 5 nitrogen and oxygen atoms in total. The predicted octanol–water partition coefficient (Wildman–Crippen LogP) is 5.15. The first kappa shape index (κ1) is 18.1. The molecule has 2 aliphatic rings. The number of nitriles is 1. The molecule has 1 aliphatic heterocycles. The largest absolute Gasteiger partial charge is 0.437 e. The average Bonchev–Trinajstić information content (AvgIpc) is 3.14. The van der Waals surface area contributed by atoms with Crippen molar-refractivity contribution < 1.29 is 4.74 Å². The number of ether oxygens (including phenoxy) is 1. The molecule has 0 spiro atoms. The lowest BCUT2D eigenvalue weighted by Crippen LogP contribution is -2.23. The second-order valence-electron chi connectivity index (χ2n) is 7.36. The molecule has 0 atom stereocenters. The number of hydrogen-bond acceptors (Lipinski definition) is 6. The summed E-state index contributed by atoms with van der Waals surface area (Å²) in [5.41, 5.74) is 3.62. The quantitative estimate of drug-likeness (QED) is 0.791. The highest BCUT2D eigenvalue weighted by molar-refractivity contribution is 7.99. The molecule has 2 heterocycles. The number of nitrogens with zero attached hydrogens (tertiary/aromatic N) is 3. The minimum atomic E-state index is 0.456. The van der Waals surface area contributed by atoms with Crippen molar-refractivity contribution >= 4 is 17.7 Å². The first-order chi connectivity index (χ1) is 13.1. The molecule has 0 bridgehead atoms. The molecule has 0 unspecified atom stereocenters. The van der Waals surface area contributed by atoms with Crippen LogP contribution in [0.4, 0.5) is 5.95 Å². The highest BCUT2D eigenvalue weighted by atomic mass is 32.2. The van der Waals surface area contributed by atoms with Gasteiger partial charge in [0.1, 0.15) is 5.75 Å². The molecule has 2 aromatic rings. The van der Waals surface area contributed by atoms with Crippen molar-refractivity contribution in [2.24, 2.45) is 0 Å². The van der Waals surface area contributed by atoms with Gasteiger partial charge in [0.25, 0.3) is 0 Å². The molecule has 1 aromatic heterocycles. The van der Waals surface area contributed by atoms with Crippen LogP contribution in [0, 0.1) is 25.2 Å². The van der Waals surface area contributed by atoms with Gasteiger partial charge in [-0.05, 0) is 49.9 Å². The van der Waals surface area contributed by atoms with E-state index in [0.717, 1.165) is 39.6 Å². The van der Waals surface area contributed by atoms with Gasteiger partial charge in [0.05, 0.1) is 22.2 Å². The summed E-state index contributed by atoms with van der Waals surface area (Å²) in [6.07, 6.45) is 7.17. The van der Waals surface area contributed by atoms with Crippen LogP contribution in [-0.2, 0) is 6.42 Å². The minimum Gasteiger partial charge on any atom is -0.437 e. The normalized spacial score (nSPS) is 16.6. The summed E-state index contributed by atoms with van der Waals surface area (Å²) in [7, 11) is 0. The number of benzene rings is 1. The highest BCUT2D eigenvalue weighted by Crippen LogP contribution is 2.41. The Labute approximate surface area is 164 Å². The summed E-state index contributed by atoms with van der Waals surface area (Å²) < 4.78 is 6.29. The van der Waals surface area contributed by atoms with E-state index >= 15 is 0 Å². The van der Waals surface area contributed by atoms with Gasteiger partial charge in [-0.1, -0.05) is 19.3 Å². The van der Waals surface area contributed by atoms with Crippen LogP contribution >= 0.6 is 11.8 Å². The molecule has 0 amide bonds. The number of hydrogen-bond donors (Lipinski definition) is 1. The van der Waals surface area contributed by atoms with Gasteiger partial charge in [-0.15, -0.1) is 11.8 Å². The fraction of sp³-hybridized carbons (Fsp3) is 0.476. The average molecular weight is 381 g/mol. The maximum absolute atomic E-state index is 9.16. The maximum atomic E-state index is 9.16. The number of fused-ring (bicyclic) bond motifs is 1. The molecule has 6 heteroatoms. The van der Waals surface area contributed by atoms with Crippen LogP contribution in [0.3, 0.4) is 0 Å². The van der Waals surface area contributed by atoms with E-state index in [-0.39, 0.29) is 0 Å². The van der Waals surface area contributed by atoms with Gasteiger partial charge in [-0.2, -0.15) is 10.2 Å². The molecule has 0 radical (unpaired) electrons. The molecule has 140 valence electrons. The Morgan fingerprint density at radius 1 is 1.15 bits per heavy atom. The van der Waals surface area contributed by atoms with Crippen LogP contribution in [0.15, 0.2) is 17.0 Å². The van der Waals surface area contributed by atoms with Crippen molar-refractivity contribution in [3.05, 3.63) is 34.5 Å². The summed E-state index contributed by atoms with van der Waals surface area (Å²) in [6.45, 7) is 3.94. The second-order valence-corrected chi connectivity index (χ2v) is 8.46. The Morgan fingerprint density at radius 3 is 2.59 bits per heavy atom. The second kappa shape index (κ2) is 7.77. The van der Waals surface area contributed by atoms with Gasteiger partial charge < -0.3 is 10.1 Å². The highest BCUT2D eigenvalue weighted by Gasteiger charge is 2.24. The lowest BCUT2D eigenvalue weighted by molar-refractivity contribution is 0.437. The number of aryl methyl sites for hydroxylation is 3. The van der Waals surface area contributed by atoms with Gasteiger partial charge >= 0.3 is 0 Å². The summed E-state index contributed by atoms with van der Waals surface area (Å²) >= 11 is 1.76. The zero-order valence-corrected chi connectivity index (χ0v) is 16.7. The Hall–Kier alpha value is -2.26. The van der Waals surface area contributed by atoms with Crippen LogP contribution < -0.4 is 10.1 Å². The smallest absolute Gasteiger partial charge is 0.238 e. The van der Waals surface area contributed by atoms with E-state index in [0.29, 0.717) is 23.4 Å². The van der Waals surface area contributed by atoms with E-state index in [1.54, 1.807) is 11.8 Å². The minimum absolute atomic E-state index is 0.456. The zero-order chi connectivity index (χ0) is 18.8. The molecule has 1 aromatic carbocycles. The van der Waals surface area contributed by atoms with E-state index in [2.05, 4.69) is 11.4 Å². The molecule has 1 saturated carbocycles. The molecular weight excluding hydrogens is 356 g/mol. The number of rotatable bonds is 4. The number of nitrogens with one attached hydrogen (secondary N) is 1. The van der Waals surface area contributed by atoms with Gasteiger partial charge in [-0.25, -0.2) is 4.98 Å². The molecule has 1 N–H and O–H groups in total. The lowest BCUT2D eigenvalue weighted by atomic mass is 9.96. The Morgan fingerprint density at radius 2 is 1.89 bits per heavy atom. The van der Waals surface area contributed by atoms with Crippen molar-refractivity contribution in [2.45, 2.75) is 63.3 Å². The Kier molecular flexibility index (Phi) is 5.22. The van der Waals surface area contributed by atoms with E-state index in [4.69, 9.17) is 20.0 Å². The first-order valence-corrected chi connectivity index (χ1v) is 10.6. The van der Waals surface area contributed by atoms with Crippen LogP contribution in [0.2, 0.25) is 0 Å². The standard InChI is InChI=1S/C21H24N4OS/c1-13-10-15(12-22)11-14(2)18(13)26-20-19-17(8-9-27-19)24-21(25-20)23-16-6-4-3-5-7-16/h10-11,16H,3-9H2,1-2H3,(H,23,24,25). The Bertz CT molecular complexity index is 877. The van der Waals surface area contributed by atoms with E-state index < -0.39 is 0 Å². The van der Waals surface area contributed by atoms with E-state index in [1.165, 1.54) is 32.1 Å². The van der Waals surface area contributed by atoms with Gasteiger partial charge in [0.2, 0.25) is 11.8 Å². The van der Waals surface area contributed by atoms with Crippen molar-refractivity contribution in [1.82, 2.24) is 9.97 Å². The van der Waals surface area contributed by atoms with Gasteiger partial charge in [-0.3, -0.25) is 0 Å². The van der Waals surface area contributed by atoms with Crippen LogP contribution in [0.5, 0.6) is 11.6 Å². The lowest BCUT2D eigenvalue weighted by Gasteiger charge is -2.23.